The van der Waals surface area contributed by atoms with Crippen LogP contribution in [-0.4, -0.2) is 21.6 Å². The van der Waals surface area contributed by atoms with E-state index in [1.54, 1.807) is 10.9 Å². The van der Waals surface area contributed by atoms with E-state index in [0.717, 1.165) is 6.42 Å². The van der Waals surface area contributed by atoms with E-state index in [0.29, 0.717) is 17.9 Å². The highest BCUT2D eigenvalue weighted by atomic mass is 16.2. The largest absolute Gasteiger partial charge is 0.322 e. The quantitative estimate of drug-likeness (QED) is 0.687. The predicted molar refractivity (Wildman–Crippen MR) is 108 cm³/mol. The molecular formula is C22H22N4O2. The van der Waals surface area contributed by atoms with Crippen LogP contribution in [0.5, 0.6) is 0 Å². The molecule has 6 heteroatoms. The normalized spacial score (nSPS) is 17.8. The van der Waals surface area contributed by atoms with E-state index in [2.05, 4.69) is 15.7 Å². The van der Waals surface area contributed by atoms with Crippen LogP contribution in [0.1, 0.15) is 35.3 Å². The first kappa shape index (κ1) is 18.0. The van der Waals surface area contributed by atoms with Crippen LogP contribution in [0.25, 0.3) is 0 Å². The number of nitrogens with one attached hydrogen (secondary N) is 2. The number of carbonyl (C=O) groups is 2. The van der Waals surface area contributed by atoms with Crippen molar-refractivity contribution in [2.24, 2.45) is 5.92 Å². The van der Waals surface area contributed by atoms with Crippen molar-refractivity contribution in [2.75, 3.05) is 10.6 Å². The summed E-state index contributed by atoms with van der Waals surface area (Å²) in [6, 6.07) is 19.2. The Morgan fingerprint density at radius 3 is 2.39 bits per heavy atom. The van der Waals surface area contributed by atoms with E-state index in [1.807, 2.05) is 67.6 Å². The lowest BCUT2D eigenvalue weighted by atomic mass is 10.1. The summed E-state index contributed by atoms with van der Waals surface area (Å²) >= 11 is 0. The van der Waals surface area contributed by atoms with Crippen molar-refractivity contribution >= 4 is 23.2 Å². The number of hydrogen-bond donors (Lipinski definition) is 2. The lowest BCUT2D eigenvalue weighted by Crippen LogP contribution is -2.19. The van der Waals surface area contributed by atoms with Crippen molar-refractivity contribution < 1.29 is 9.59 Å². The zero-order valence-corrected chi connectivity index (χ0v) is 15.6. The summed E-state index contributed by atoms with van der Waals surface area (Å²) in [6.45, 7) is 2.54. The number of nitrogens with zero attached hydrogens (tertiary/aromatic N) is 2. The van der Waals surface area contributed by atoms with Crippen molar-refractivity contribution in [2.45, 2.75) is 25.8 Å². The van der Waals surface area contributed by atoms with Crippen LogP contribution in [0, 0.1) is 5.92 Å². The molecule has 2 atom stereocenters. The van der Waals surface area contributed by atoms with Gasteiger partial charge in [-0.3, -0.25) is 14.3 Å². The SMILES string of the molecule is CCn1cc(NC(=O)C2CC2c2ccccc2)c(C(=O)Nc2ccccc2)n1. The molecule has 0 saturated heterocycles. The topological polar surface area (TPSA) is 76.0 Å². The van der Waals surface area contributed by atoms with Gasteiger partial charge in [0.15, 0.2) is 5.69 Å². The number of anilines is 2. The van der Waals surface area contributed by atoms with Gasteiger partial charge in [-0.05, 0) is 37.0 Å². The molecule has 1 aliphatic rings. The molecule has 142 valence electrons. The minimum atomic E-state index is -0.343. The lowest BCUT2D eigenvalue weighted by Gasteiger charge is -2.06. The average Bonchev–Trinajstić information content (AvgIpc) is 3.43. The second kappa shape index (κ2) is 7.68. The van der Waals surface area contributed by atoms with Gasteiger partial charge in [-0.1, -0.05) is 48.5 Å². The molecule has 1 saturated carbocycles. The standard InChI is InChI=1S/C22H22N4O2/c1-2-26-14-19(20(25-26)22(28)23-16-11-7-4-8-12-16)24-21(27)18-13-17(18)15-9-5-3-6-10-15/h3-12,14,17-18H,2,13H2,1H3,(H,23,28)(H,24,27). The Morgan fingerprint density at radius 2 is 1.71 bits per heavy atom. The molecule has 6 nitrogen and oxygen atoms in total. The van der Waals surface area contributed by atoms with Crippen molar-refractivity contribution in [1.29, 1.82) is 0 Å². The smallest absolute Gasteiger partial charge is 0.278 e. The van der Waals surface area contributed by atoms with Gasteiger partial charge in [0.25, 0.3) is 5.91 Å². The third-order valence-corrected chi connectivity index (χ3v) is 4.95. The minimum Gasteiger partial charge on any atom is -0.322 e. The maximum Gasteiger partial charge on any atom is 0.278 e. The molecule has 4 rings (SSSR count). The summed E-state index contributed by atoms with van der Waals surface area (Å²) < 4.78 is 1.65. The van der Waals surface area contributed by atoms with Gasteiger partial charge in [0, 0.05) is 24.3 Å². The molecule has 2 amide bonds. The van der Waals surface area contributed by atoms with Gasteiger partial charge < -0.3 is 10.6 Å². The summed E-state index contributed by atoms with van der Waals surface area (Å²) in [6.07, 6.45) is 2.53. The third-order valence-electron chi connectivity index (χ3n) is 4.95. The second-order valence-electron chi connectivity index (χ2n) is 6.92. The van der Waals surface area contributed by atoms with E-state index in [-0.39, 0.29) is 29.3 Å². The maximum absolute atomic E-state index is 12.7. The van der Waals surface area contributed by atoms with E-state index < -0.39 is 0 Å². The molecule has 28 heavy (non-hydrogen) atoms. The molecule has 3 aromatic rings. The fourth-order valence-electron chi connectivity index (χ4n) is 3.33. The molecule has 0 aliphatic heterocycles. The van der Waals surface area contributed by atoms with Gasteiger partial charge in [0.1, 0.15) is 0 Å². The van der Waals surface area contributed by atoms with Crippen molar-refractivity contribution in [3.63, 3.8) is 0 Å². The fourth-order valence-corrected chi connectivity index (χ4v) is 3.33. The first-order chi connectivity index (χ1) is 13.7. The van der Waals surface area contributed by atoms with Gasteiger partial charge in [0.05, 0.1) is 5.69 Å². The van der Waals surface area contributed by atoms with Crippen LogP contribution in [0.4, 0.5) is 11.4 Å². The number of benzene rings is 2. The fraction of sp³-hybridized carbons (Fsp3) is 0.227. The molecule has 2 N–H and O–H groups in total. The van der Waals surface area contributed by atoms with Crippen LogP contribution in [0.2, 0.25) is 0 Å². The summed E-state index contributed by atoms with van der Waals surface area (Å²) in [5.41, 5.74) is 2.52. The Bertz CT molecular complexity index is 982. The number of amides is 2. The number of aryl methyl sites for hydroxylation is 1. The van der Waals surface area contributed by atoms with Gasteiger partial charge in [-0.25, -0.2) is 0 Å². The molecule has 0 spiro atoms. The second-order valence-corrected chi connectivity index (χ2v) is 6.92. The van der Waals surface area contributed by atoms with Gasteiger partial charge >= 0.3 is 0 Å². The van der Waals surface area contributed by atoms with Crippen molar-refractivity contribution in [3.8, 4) is 0 Å². The number of rotatable bonds is 6. The molecule has 1 heterocycles. The molecule has 2 aromatic carbocycles. The predicted octanol–water partition coefficient (Wildman–Crippen LogP) is 3.90. The molecule has 0 radical (unpaired) electrons. The molecular weight excluding hydrogens is 352 g/mol. The maximum atomic E-state index is 12.7. The van der Waals surface area contributed by atoms with E-state index >= 15 is 0 Å². The first-order valence-electron chi connectivity index (χ1n) is 9.45. The molecule has 1 fully saturated rings. The average molecular weight is 374 g/mol. The third kappa shape index (κ3) is 3.81. The first-order valence-corrected chi connectivity index (χ1v) is 9.45. The Labute approximate surface area is 163 Å². The van der Waals surface area contributed by atoms with Crippen LogP contribution in [0.3, 0.4) is 0 Å². The highest BCUT2D eigenvalue weighted by Gasteiger charge is 2.44. The van der Waals surface area contributed by atoms with Crippen LogP contribution < -0.4 is 10.6 Å². The minimum absolute atomic E-state index is 0.0710. The summed E-state index contributed by atoms with van der Waals surface area (Å²) in [7, 11) is 0. The Kier molecular flexibility index (Phi) is 4.93. The van der Waals surface area contributed by atoms with Gasteiger partial charge in [0.2, 0.25) is 5.91 Å². The van der Waals surface area contributed by atoms with Crippen LogP contribution in [0.15, 0.2) is 66.9 Å². The molecule has 0 bridgehead atoms. The molecule has 1 aromatic heterocycles. The van der Waals surface area contributed by atoms with Gasteiger partial charge in [-0.15, -0.1) is 0 Å². The van der Waals surface area contributed by atoms with Gasteiger partial charge in [-0.2, -0.15) is 5.10 Å². The Morgan fingerprint density at radius 1 is 1.04 bits per heavy atom. The number of para-hydroxylation sites is 1. The van der Waals surface area contributed by atoms with Crippen LogP contribution >= 0.6 is 0 Å². The van der Waals surface area contributed by atoms with Crippen molar-refractivity contribution in [1.82, 2.24) is 9.78 Å². The monoisotopic (exact) mass is 374 g/mol. The Balaban J connectivity index is 1.48. The zero-order chi connectivity index (χ0) is 19.5. The van der Waals surface area contributed by atoms with E-state index in [4.69, 9.17) is 0 Å². The summed E-state index contributed by atoms with van der Waals surface area (Å²) in [5.74, 6) is -0.246. The molecule has 2 unspecified atom stereocenters. The number of carbonyl (C=O) groups excluding carboxylic acids is 2. The summed E-state index contributed by atoms with van der Waals surface area (Å²) in [5, 5.41) is 10.1. The number of hydrogen-bond acceptors (Lipinski definition) is 3. The van der Waals surface area contributed by atoms with Crippen LogP contribution in [-0.2, 0) is 11.3 Å². The number of aromatic nitrogens is 2. The highest BCUT2D eigenvalue weighted by Crippen LogP contribution is 2.47. The van der Waals surface area contributed by atoms with E-state index in [1.165, 1.54) is 5.56 Å². The lowest BCUT2D eigenvalue weighted by molar-refractivity contribution is -0.117. The highest BCUT2D eigenvalue weighted by molar-refractivity contribution is 6.09. The zero-order valence-electron chi connectivity index (χ0n) is 15.6. The van der Waals surface area contributed by atoms with Crippen molar-refractivity contribution in [3.05, 3.63) is 78.1 Å². The Hall–Kier alpha value is -3.41. The summed E-state index contributed by atoms with van der Waals surface area (Å²) in [4.78, 5) is 25.4. The van der Waals surface area contributed by atoms with E-state index in [9.17, 15) is 9.59 Å². The molecule has 1 aliphatic carbocycles.